The Morgan fingerprint density at radius 1 is 1.23 bits per heavy atom. The van der Waals surface area contributed by atoms with Gasteiger partial charge in [-0.15, -0.1) is 0 Å². The minimum absolute atomic E-state index is 0.0740. The van der Waals surface area contributed by atoms with Gasteiger partial charge in [0.1, 0.15) is 5.52 Å². The van der Waals surface area contributed by atoms with Crippen molar-refractivity contribution in [2.45, 2.75) is 13.3 Å². The molecule has 2 N–H and O–H groups in total. The molecule has 0 saturated carbocycles. The summed E-state index contributed by atoms with van der Waals surface area (Å²) >= 11 is 0. The molecule has 0 aliphatic rings. The van der Waals surface area contributed by atoms with Gasteiger partial charge in [0, 0.05) is 48.2 Å². The monoisotopic (exact) mass is 300 g/mol. The maximum Gasteiger partial charge on any atom is 0.272 e. The lowest BCUT2D eigenvalue weighted by Crippen LogP contribution is -2.19. The molecule has 0 unspecified atom stereocenters. The second kappa shape index (κ2) is 6.34. The van der Waals surface area contributed by atoms with Crippen LogP contribution in [0.5, 0.6) is 0 Å². The van der Waals surface area contributed by atoms with Crippen LogP contribution in [0.4, 0.5) is 5.69 Å². The summed E-state index contributed by atoms with van der Waals surface area (Å²) in [5.41, 5.74) is 2.54. The molecule has 0 amide bonds. The lowest BCUT2D eigenvalue weighted by Gasteiger charge is -2.13. The zero-order valence-corrected chi connectivity index (χ0v) is 12.8. The number of carboxylic acids is 1. The molecule has 0 spiro atoms. The molecule has 0 fully saturated rings. The molecule has 0 saturated heterocycles. The first kappa shape index (κ1) is 15.6. The van der Waals surface area contributed by atoms with Crippen LogP contribution in [0.1, 0.15) is 13.3 Å². The summed E-state index contributed by atoms with van der Waals surface area (Å²) in [5, 5.41) is 11.3. The number of carboxylic acid groups (broad SMARTS) is 1. The van der Waals surface area contributed by atoms with Crippen LogP contribution < -0.4 is 15.6 Å². The van der Waals surface area contributed by atoms with E-state index in [1.807, 2.05) is 37.2 Å². The summed E-state index contributed by atoms with van der Waals surface area (Å²) in [6, 6.07) is 7.96. The topological polar surface area (TPSA) is 92.0 Å². The first-order valence-corrected chi connectivity index (χ1v) is 6.94. The fraction of sp³-hybridized carbons (Fsp3) is 0.250. The number of hydrogen-bond donors (Lipinski definition) is 2. The maximum absolute atomic E-state index is 11.8. The van der Waals surface area contributed by atoms with Crippen molar-refractivity contribution in [1.82, 2.24) is 9.97 Å². The van der Waals surface area contributed by atoms with E-state index in [9.17, 15) is 14.7 Å². The largest absolute Gasteiger partial charge is 0.550 e. The van der Waals surface area contributed by atoms with Crippen LogP contribution in [0.3, 0.4) is 0 Å². The molecule has 0 aliphatic carbocycles. The lowest BCUT2D eigenvalue weighted by atomic mass is 10.1. The van der Waals surface area contributed by atoms with E-state index in [2.05, 4.69) is 16.0 Å². The van der Waals surface area contributed by atoms with Crippen LogP contribution in [0.15, 0.2) is 35.3 Å². The molecular weight excluding hydrogens is 282 g/mol. The summed E-state index contributed by atoms with van der Waals surface area (Å²) in [5.74, 6) is -0.995. The van der Waals surface area contributed by atoms with Gasteiger partial charge in [-0.05, 0) is 30.7 Å². The fourth-order valence-corrected chi connectivity index (χ4v) is 2.11. The van der Waals surface area contributed by atoms with Crippen LogP contribution in [0.25, 0.3) is 21.8 Å². The first-order chi connectivity index (χ1) is 10.4. The van der Waals surface area contributed by atoms with E-state index >= 15 is 0 Å². The van der Waals surface area contributed by atoms with Gasteiger partial charge in [0.15, 0.2) is 0 Å². The number of benzene rings is 1. The molecular formula is C16H18N3O3-. The van der Waals surface area contributed by atoms with Crippen LogP contribution in [0.2, 0.25) is 0 Å². The highest BCUT2D eigenvalue weighted by Gasteiger charge is 2.06. The molecule has 22 heavy (non-hydrogen) atoms. The number of hydrogen-bond acceptors (Lipinski definition) is 4. The number of fused-ring (bicyclic) bond motifs is 3. The molecule has 6 nitrogen and oxygen atoms in total. The smallest absolute Gasteiger partial charge is 0.272 e. The summed E-state index contributed by atoms with van der Waals surface area (Å²) < 4.78 is 0. The number of aromatic amines is 2. The highest BCUT2D eigenvalue weighted by Crippen LogP contribution is 2.24. The number of aliphatic carboxylic acids is 1. The molecule has 0 radical (unpaired) electrons. The van der Waals surface area contributed by atoms with Crippen molar-refractivity contribution in [3.05, 3.63) is 40.8 Å². The SMILES string of the molecule is CCC(=O)[O-].CN(C)c1ccc2[nH]c(=O)c3[nH]ccc3c2c1. The maximum atomic E-state index is 11.8. The summed E-state index contributed by atoms with van der Waals surface area (Å²) in [6.45, 7) is 1.54. The third kappa shape index (κ3) is 3.11. The highest BCUT2D eigenvalue weighted by atomic mass is 16.4. The number of nitrogens with zero attached hydrogens (tertiary/aromatic N) is 1. The normalized spacial score (nSPS) is 10.3. The van der Waals surface area contributed by atoms with Crippen molar-refractivity contribution >= 4 is 33.5 Å². The Kier molecular flexibility index (Phi) is 4.50. The van der Waals surface area contributed by atoms with Crippen molar-refractivity contribution in [1.29, 1.82) is 0 Å². The highest BCUT2D eigenvalue weighted by molar-refractivity contribution is 6.05. The number of nitrogens with one attached hydrogen (secondary N) is 2. The summed E-state index contributed by atoms with van der Waals surface area (Å²) in [4.78, 5) is 28.9. The number of carbonyl (C=O) groups excluding carboxylic acids is 1. The Hall–Kier alpha value is -2.76. The number of aromatic nitrogens is 2. The van der Waals surface area contributed by atoms with E-state index in [4.69, 9.17) is 0 Å². The Bertz CT molecular complexity index is 862. The average molecular weight is 300 g/mol. The van der Waals surface area contributed by atoms with E-state index in [0.29, 0.717) is 5.52 Å². The predicted molar refractivity (Wildman–Crippen MR) is 86.1 cm³/mol. The molecule has 6 heteroatoms. The van der Waals surface area contributed by atoms with Crippen molar-refractivity contribution in [2.75, 3.05) is 19.0 Å². The third-order valence-electron chi connectivity index (χ3n) is 3.32. The number of anilines is 1. The zero-order chi connectivity index (χ0) is 16.3. The molecule has 3 aromatic rings. The van der Waals surface area contributed by atoms with Crippen LogP contribution >= 0.6 is 0 Å². The Labute approximate surface area is 127 Å². The molecule has 116 valence electrons. The van der Waals surface area contributed by atoms with Gasteiger partial charge in [0.2, 0.25) is 0 Å². The minimum atomic E-state index is -0.995. The molecule has 2 aromatic heterocycles. The molecule has 0 aliphatic heterocycles. The van der Waals surface area contributed by atoms with Gasteiger partial charge in [0.25, 0.3) is 5.56 Å². The predicted octanol–water partition coefficient (Wildman–Crippen LogP) is 1.22. The molecule has 2 heterocycles. The third-order valence-corrected chi connectivity index (χ3v) is 3.32. The lowest BCUT2D eigenvalue weighted by molar-refractivity contribution is -0.305. The number of pyridine rings is 1. The van der Waals surface area contributed by atoms with E-state index in [1.165, 1.54) is 6.92 Å². The van der Waals surface area contributed by atoms with Gasteiger partial charge in [0.05, 0.1) is 0 Å². The Morgan fingerprint density at radius 3 is 2.50 bits per heavy atom. The van der Waals surface area contributed by atoms with Gasteiger partial charge >= 0.3 is 0 Å². The average Bonchev–Trinajstić information content (AvgIpc) is 2.98. The molecule has 0 atom stereocenters. The number of H-pyrrole nitrogens is 2. The standard InChI is InChI=1S/C13H13N3O.C3H6O2/c1-16(2)8-3-4-11-10(7-8)9-5-6-14-12(9)13(17)15-11;1-2-3(4)5/h3-7,14H,1-2H3,(H,15,17);2H2,1H3,(H,4,5)/p-1. The second-order valence-corrected chi connectivity index (χ2v) is 5.07. The van der Waals surface area contributed by atoms with E-state index < -0.39 is 5.97 Å². The Balaban J connectivity index is 0.000000309. The fourth-order valence-electron chi connectivity index (χ4n) is 2.11. The number of rotatable bonds is 2. The summed E-state index contributed by atoms with van der Waals surface area (Å²) in [6.07, 6.45) is 1.90. The van der Waals surface area contributed by atoms with E-state index in [0.717, 1.165) is 22.0 Å². The van der Waals surface area contributed by atoms with E-state index in [1.54, 1.807) is 6.20 Å². The zero-order valence-electron chi connectivity index (χ0n) is 12.8. The van der Waals surface area contributed by atoms with Crippen molar-refractivity contribution in [3.63, 3.8) is 0 Å². The molecule has 1 aromatic carbocycles. The van der Waals surface area contributed by atoms with Gasteiger partial charge in [-0.1, -0.05) is 6.92 Å². The summed E-state index contributed by atoms with van der Waals surface area (Å²) in [7, 11) is 4.00. The van der Waals surface area contributed by atoms with Gasteiger partial charge in [-0.3, -0.25) is 4.79 Å². The van der Waals surface area contributed by atoms with Gasteiger partial charge in [-0.25, -0.2) is 0 Å². The van der Waals surface area contributed by atoms with Crippen LogP contribution in [-0.4, -0.2) is 30.0 Å². The Morgan fingerprint density at radius 2 is 1.91 bits per heavy atom. The minimum Gasteiger partial charge on any atom is -0.550 e. The van der Waals surface area contributed by atoms with Crippen molar-refractivity contribution < 1.29 is 9.90 Å². The number of carbonyl (C=O) groups is 1. The van der Waals surface area contributed by atoms with Crippen molar-refractivity contribution in [2.24, 2.45) is 0 Å². The second-order valence-electron chi connectivity index (χ2n) is 5.07. The van der Waals surface area contributed by atoms with Crippen LogP contribution in [0, 0.1) is 0 Å². The van der Waals surface area contributed by atoms with Gasteiger partial charge in [-0.2, -0.15) is 0 Å². The van der Waals surface area contributed by atoms with Gasteiger partial charge < -0.3 is 24.8 Å². The quantitative estimate of drug-likeness (QED) is 0.744. The first-order valence-electron chi connectivity index (χ1n) is 6.94. The van der Waals surface area contributed by atoms with Crippen molar-refractivity contribution in [3.8, 4) is 0 Å². The van der Waals surface area contributed by atoms with Crippen LogP contribution in [-0.2, 0) is 4.79 Å². The molecule has 3 rings (SSSR count). The molecule has 0 bridgehead atoms. The van der Waals surface area contributed by atoms with E-state index in [-0.39, 0.29) is 12.0 Å².